The first-order valence-electron chi connectivity index (χ1n) is 6.52. The van der Waals surface area contributed by atoms with Gasteiger partial charge in [-0.1, -0.05) is 24.3 Å². The lowest BCUT2D eigenvalue weighted by Crippen LogP contribution is -2.30. The third-order valence-electron chi connectivity index (χ3n) is 4.18. The Labute approximate surface area is 108 Å². The van der Waals surface area contributed by atoms with Crippen molar-refractivity contribution in [3.05, 3.63) is 53.1 Å². The number of imidazole rings is 1. The van der Waals surface area contributed by atoms with Gasteiger partial charge in [0.2, 0.25) is 0 Å². The van der Waals surface area contributed by atoms with Gasteiger partial charge in [0.25, 0.3) is 0 Å². The molecule has 1 aliphatic carbocycles. The summed E-state index contributed by atoms with van der Waals surface area (Å²) >= 11 is 0. The first kappa shape index (κ1) is 11.5. The lowest BCUT2D eigenvalue weighted by atomic mass is 9.84. The van der Waals surface area contributed by atoms with Crippen LogP contribution in [-0.2, 0) is 6.42 Å². The maximum Gasteiger partial charge on any atom is 0.0954 e. The molecule has 3 heteroatoms. The van der Waals surface area contributed by atoms with E-state index in [9.17, 15) is 0 Å². The molecule has 1 aromatic carbocycles. The molecule has 0 fully saturated rings. The number of rotatable bonds is 1. The smallest absolute Gasteiger partial charge is 0.0954 e. The Morgan fingerprint density at radius 1 is 1.28 bits per heavy atom. The summed E-state index contributed by atoms with van der Waals surface area (Å²) in [5.74, 6) is 0. The highest BCUT2D eigenvalue weighted by Gasteiger charge is 2.28. The van der Waals surface area contributed by atoms with Crippen molar-refractivity contribution in [2.24, 2.45) is 5.73 Å². The second-order valence-electron chi connectivity index (χ2n) is 5.15. The molecule has 94 valence electrons. The molecule has 18 heavy (non-hydrogen) atoms. The van der Waals surface area contributed by atoms with E-state index >= 15 is 0 Å². The first-order valence-corrected chi connectivity index (χ1v) is 6.52. The average molecular weight is 241 g/mol. The van der Waals surface area contributed by atoms with Crippen molar-refractivity contribution >= 4 is 0 Å². The Hall–Kier alpha value is -1.61. The topological polar surface area (TPSA) is 43.8 Å². The minimum atomic E-state index is 0.0715. The molecule has 0 amide bonds. The minimum Gasteiger partial charge on any atom is -0.330 e. The Bertz CT molecular complexity index is 571. The van der Waals surface area contributed by atoms with Crippen molar-refractivity contribution in [3.8, 4) is 0 Å². The predicted octanol–water partition coefficient (Wildman–Crippen LogP) is 2.69. The van der Waals surface area contributed by atoms with Gasteiger partial charge in [0, 0.05) is 5.69 Å². The molecule has 0 bridgehead atoms. The van der Waals surface area contributed by atoms with Gasteiger partial charge in [-0.25, -0.2) is 4.98 Å². The summed E-state index contributed by atoms with van der Waals surface area (Å²) in [4.78, 5) is 4.39. The van der Waals surface area contributed by atoms with Gasteiger partial charge >= 0.3 is 0 Å². The lowest BCUT2D eigenvalue weighted by Gasteiger charge is -2.32. The van der Waals surface area contributed by atoms with Crippen molar-refractivity contribution in [3.63, 3.8) is 0 Å². The number of fused-ring (bicyclic) bond motifs is 1. The summed E-state index contributed by atoms with van der Waals surface area (Å²) < 4.78 is 2.25. The van der Waals surface area contributed by atoms with Gasteiger partial charge in [0.15, 0.2) is 0 Å². The summed E-state index contributed by atoms with van der Waals surface area (Å²) in [6.07, 6.45) is 4.13. The van der Waals surface area contributed by atoms with Crippen LogP contribution >= 0.6 is 0 Å². The van der Waals surface area contributed by atoms with Crippen LogP contribution < -0.4 is 5.73 Å². The van der Waals surface area contributed by atoms with Crippen LogP contribution in [0.1, 0.15) is 41.0 Å². The summed E-state index contributed by atoms with van der Waals surface area (Å²) in [5.41, 5.74) is 11.5. The number of nitrogens with two attached hydrogens (primary N) is 1. The molecule has 0 saturated heterocycles. The van der Waals surface area contributed by atoms with E-state index in [1.807, 2.05) is 13.3 Å². The maximum absolute atomic E-state index is 6.45. The summed E-state index contributed by atoms with van der Waals surface area (Å²) in [7, 11) is 0. The van der Waals surface area contributed by atoms with E-state index in [2.05, 4.69) is 40.7 Å². The molecule has 3 nitrogen and oxygen atoms in total. The summed E-state index contributed by atoms with van der Waals surface area (Å²) in [5, 5.41) is 0. The maximum atomic E-state index is 6.45. The molecule has 2 aromatic rings. The van der Waals surface area contributed by atoms with Crippen LogP contribution in [0.25, 0.3) is 0 Å². The third-order valence-corrected chi connectivity index (χ3v) is 4.18. The van der Waals surface area contributed by atoms with Crippen molar-refractivity contribution in [2.45, 2.75) is 38.8 Å². The second-order valence-corrected chi connectivity index (χ2v) is 5.15. The fraction of sp³-hybridized carbons (Fsp3) is 0.400. The number of aromatic nitrogens is 2. The van der Waals surface area contributed by atoms with Crippen LogP contribution in [0, 0.1) is 13.8 Å². The Morgan fingerprint density at radius 3 is 2.78 bits per heavy atom. The molecule has 1 heterocycles. The molecule has 2 atom stereocenters. The average Bonchev–Trinajstić information content (AvgIpc) is 2.71. The fourth-order valence-corrected chi connectivity index (χ4v) is 2.94. The largest absolute Gasteiger partial charge is 0.330 e. The Balaban J connectivity index is 2.00. The molecular formula is C15H19N3. The van der Waals surface area contributed by atoms with Crippen LogP contribution in [0.4, 0.5) is 0 Å². The molecule has 3 rings (SSSR count). The predicted molar refractivity (Wildman–Crippen MR) is 72.4 cm³/mol. The minimum absolute atomic E-state index is 0.0715. The quantitative estimate of drug-likeness (QED) is 0.834. The van der Waals surface area contributed by atoms with Crippen molar-refractivity contribution in [1.29, 1.82) is 0 Å². The normalized spacial score (nSPS) is 22.8. The highest BCUT2D eigenvalue weighted by atomic mass is 15.1. The number of benzene rings is 1. The van der Waals surface area contributed by atoms with E-state index in [1.165, 1.54) is 16.8 Å². The van der Waals surface area contributed by atoms with E-state index in [0.29, 0.717) is 6.04 Å². The Kier molecular flexibility index (Phi) is 2.71. The van der Waals surface area contributed by atoms with Crippen molar-refractivity contribution in [1.82, 2.24) is 9.55 Å². The van der Waals surface area contributed by atoms with Crippen LogP contribution in [0.15, 0.2) is 30.6 Å². The fourth-order valence-electron chi connectivity index (χ4n) is 2.94. The van der Waals surface area contributed by atoms with Gasteiger partial charge in [-0.2, -0.15) is 0 Å². The van der Waals surface area contributed by atoms with Gasteiger partial charge in [0.05, 0.1) is 24.1 Å². The van der Waals surface area contributed by atoms with Gasteiger partial charge in [-0.05, 0) is 37.8 Å². The van der Waals surface area contributed by atoms with Crippen molar-refractivity contribution in [2.75, 3.05) is 0 Å². The van der Waals surface area contributed by atoms with Gasteiger partial charge < -0.3 is 10.3 Å². The number of hydrogen-bond acceptors (Lipinski definition) is 2. The highest BCUT2D eigenvalue weighted by Crippen LogP contribution is 2.36. The van der Waals surface area contributed by atoms with E-state index in [-0.39, 0.29) is 6.04 Å². The molecule has 2 unspecified atom stereocenters. The molecule has 0 aliphatic heterocycles. The second kappa shape index (κ2) is 4.25. The van der Waals surface area contributed by atoms with E-state index < -0.39 is 0 Å². The Morgan fingerprint density at radius 2 is 2.06 bits per heavy atom. The van der Waals surface area contributed by atoms with E-state index in [4.69, 9.17) is 5.73 Å². The number of aryl methyl sites for hydroxylation is 2. The molecule has 1 aliphatic rings. The molecule has 0 radical (unpaired) electrons. The summed E-state index contributed by atoms with van der Waals surface area (Å²) in [6.45, 7) is 4.17. The molecular weight excluding hydrogens is 222 g/mol. The van der Waals surface area contributed by atoms with E-state index in [0.717, 1.165) is 18.5 Å². The molecule has 1 aromatic heterocycles. The van der Waals surface area contributed by atoms with Crippen LogP contribution in [-0.4, -0.2) is 9.55 Å². The molecule has 0 saturated carbocycles. The van der Waals surface area contributed by atoms with E-state index in [1.54, 1.807) is 0 Å². The SMILES string of the molecule is Cc1ncn(C2CCc3ccccc3C2N)c1C. The molecule has 2 N–H and O–H groups in total. The zero-order valence-electron chi connectivity index (χ0n) is 10.9. The van der Waals surface area contributed by atoms with Gasteiger partial charge in [0.1, 0.15) is 0 Å². The zero-order valence-corrected chi connectivity index (χ0v) is 10.9. The molecule has 0 spiro atoms. The summed E-state index contributed by atoms with van der Waals surface area (Å²) in [6, 6.07) is 8.93. The number of hydrogen-bond donors (Lipinski definition) is 1. The van der Waals surface area contributed by atoms with Gasteiger partial charge in [-0.3, -0.25) is 0 Å². The number of nitrogens with zero attached hydrogens (tertiary/aromatic N) is 2. The zero-order chi connectivity index (χ0) is 12.7. The highest BCUT2D eigenvalue weighted by molar-refractivity contribution is 5.33. The van der Waals surface area contributed by atoms with Crippen LogP contribution in [0.3, 0.4) is 0 Å². The van der Waals surface area contributed by atoms with Crippen LogP contribution in [0.2, 0.25) is 0 Å². The van der Waals surface area contributed by atoms with Crippen LogP contribution in [0.5, 0.6) is 0 Å². The first-order chi connectivity index (χ1) is 8.68. The van der Waals surface area contributed by atoms with Crippen molar-refractivity contribution < 1.29 is 0 Å². The van der Waals surface area contributed by atoms with Gasteiger partial charge in [-0.15, -0.1) is 0 Å². The monoisotopic (exact) mass is 241 g/mol. The lowest BCUT2D eigenvalue weighted by molar-refractivity contribution is 0.365. The third kappa shape index (κ3) is 1.66. The standard InChI is InChI=1S/C15H19N3/c1-10-11(2)18(9-17-10)14-8-7-12-5-3-4-6-13(12)15(14)16/h3-6,9,14-15H,7-8,16H2,1-2H3.